The van der Waals surface area contributed by atoms with E-state index in [-0.39, 0.29) is 5.41 Å². The lowest BCUT2D eigenvalue weighted by molar-refractivity contribution is -0.137. The average molecular weight is 299 g/mol. The van der Waals surface area contributed by atoms with Crippen LogP contribution in [0.4, 0.5) is 13.2 Å². The lowest BCUT2D eigenvalue weighted by Crippen LogP contribution is -2.38. The Morgan fingerprint density at radius 3 is 2.43 bits per heavy atom. The predicted octanol–water partition coefficient (Wildman–Crippen LogP) is 4.66. The molecule has 0 aromatic heterocycles. The van der Waals surface area contributed by atoms with Crippen molar-refractivity contribution in [3.63, 3.8) is 0 Å². The van der Waals surface area contributed by atoms with E-state index in [1.807, 2.05) is 0 Å². The fourth-order valence-corrected chi connectivity index (χ4v) is 2.46. The summed E-state index contributed by atoms with van der Waals surface area (Å²) in [6, 6.07) is 6.35. The SMILES string of the molecule is CC(C)C(C)(CNC1CC1)Cc1cccc(C(F)(F)F)c1. The van der Waals surface area contributed by atoms with Gasteiger partial charge in [0, 0.05) is 12.6 Å². The summed E-state index contributed by atoms with van der Waals surface area (Å²) in [6.07, 6.45) is -1.17. The van der Waals surface area contributed by atoms with Gasteiger partial charge >= 0.3 is 6.18 Å². The van der Waals surface area contributed by atoms with Gasteiger partial charge in [-0.25, -0.2) is 0 Å². The zero-order valence-corrected chi connectivity index (χ0v) is 12.9. The number of alkyl halides is 3. The van der Waals surface area contributed by atoms with Crippen LogP contribution in [0.3, 0.4) is 0 Å². The Balaban J connectivity index is 2.12. The van der Waals surface area contributed by atoms with E-state index in [4.69, 9.17) is 0 Å². The third-order valence-corrected chi connectivity index (χ3v) is 4.63. The first-order valence-electron chi connectivity index (χ1n) is 7.60. The van der Waals surface area contributed by atoms with E-state index in [2.05, 4.69) is 26.1 Å². The summed E-state index contributed by atoms with van der Waals surface area (Å²) < 4.78 is 38.4. The molecule has 21 heavy (non-hydrogen) atoms. The lowest BCUT2D eigenvalue weighted by Gasteiger charge is -2.34. The van der Waals surface area contributed by atoms with Crippen LogP contribution in [0.15, 0.2) is 24.3 Å². The molecule has 2 rings (SSSR count). The highest BCUT2D eigenvalue weighted by Crippen LogP contribution is 2.34. The van der Waals surface area contributed by atoms with Crippen molar-refractivity contribution in [2.45, 2.75) is 52.3 Å². The maximum absolute atomic E-state index is 12.8. The number of rotatable bonds is 6. The molecule has 1 aromatic carbocycles. The highest BCUT2D eigenvalue weighted by Gasteiger charge is 2.33. The predicted molar refractivity (Wildman–Crippen MR) is 79.1 cm³/mol. The van der Waals surface area contributed by atoms with Crippen LogP contribution in [-0.4, -0.2) is 12.6 Å². The molecule has 1 nitrogen and oxygen atoms in total. The minimum Gasteiger partial charge on any atom is -0.313 e. The van der Waals surface area contributed by atoms with Crippen LogP contribution < -0.4 is 5.32 Å². The summed E-state index contributed by atoms with van der Waals surface area (Å²) in [6.45, 7) is 7.29. The first-order chi connectivity index (χ1) is 9.71. The Bertz CT molecular complexity index is 477. The molecular formula is C17H24F3N. The Morgan fingerprint density at radius 2 is 1.90 bits per heavy atom. The average Bonchev–Trinajstić information content (AvgIpc) is 3.19. The molecule has 1 aliphatic rings. The van der Waals surface area contributed by atoms with Crippen LogP contribution in [0.2, 0.25) is 0 Å². The Labute approximate surface area is 124 Å². The summed E-state index contributed by atoms with van der Waals surface area (Å²) in [5, 5.41) is 3.52. The Hall–Kier alpha value is -1.03. The summed E-state index contributed by atoms with van der Waals surface area (Å²) in [5.41, 5.74) is 0.173. The molecule has 1 N–H and O–H groups in total. The van der Waals surface area contributed by atoms with Crippen molar-refractivity contribution in [3.8, 4) is 0 Å². The molecule has 1 aromatic rings. The molecule has 1 saturated carbocycles. The molecule has 0 radical (unpaired) electrons. The number of nitrogens with one attached hydrogen (secondary N) is 1. The molecular weight excluding hydrogens is 275 g/mol. The first-order valence-corrected chi connectivity index (χ1v) is 7.60. The van der Waals surface area contributed by atoms with Gasteiger partial charge in [0.15, 0.2) is 0 Å². The van der Waals surface area contributed by atoms with Crippen molar-refractivity contribution in [3.05, 3.63) is 35.4 Å². The van der Waals surface area contributed by atoms with Crippen LogP contribution in [0, 0.1) is 11.3 Å². The third kappa shape index (κ3) is 4.47. The Morgan fingerprint density at radius 1 is 1.24 bits per heavy atom. The molecule has 4 heteroatoms. The lowest BCUT2D eigenvalue weighted by atomic mass is 9.74. The fraction of sp³-hybridized carbons (Fsp3) is 0.647. The van der Waals surface area contributed by atoms with Crippen LogP contribution in [0.25, 0.3) is 0 Å². The number of halogens is 3. The maximum atomic E-state index is 12.8. The van der Waals surface area contributed by atoms with Crippen molar-refractivity contribution in [2.24, 2.45) is 11.3 Å². The van der Waals surface area contributed by atoms with Crippen LogP contribution >= 0.6 is 0 Å². The van der Waals surface area contributed by atoms with Crippen LogP contribution in [0.1, 0.15) is 44.7 Å². The van der Waals surface area contributed by atoms with Gasteiger partial charge in [-0.3, -0.25) is 0 Å². The second kappa shape index (κ2) is 5.99. The van der Waals surface area contributed by atoms with Crippen molar-refractivity contribution in [1.29, 1.82) is 0 Å². The topological polar surface area (TPSA) is 12.0 Å². The van der Waals surface area contributed by atoms with Gasteiger partial charge in [-0.2, -0.15) is 13.2 Å². The largest absolute Gasteiger partial charge is 0.416 e. The van der Waals surface area contributed by atoms with Gasteiger partial charge in [-0.15, -0.1) is 0 Å². The van der Waals surface area contributed by atoms with Gasteiger partial charge in [0.05, 0.1) is 5.56 Å². The highest BCUT2D eigenvalue weighted by molar-refractivity contribution is 5.26. The third-order valence-electron chi connectivity index (χ3n) is 4.63. The van der Waals surface area contributed by atoms with E-state index in [1.165, 1.54) is 25.0 Å². The van der Waals surface area contributed by atoms with Gasteiger partial charge in [-0.1, -0.05) is 39.0 Å². The van der Waals surface area contributed by atoms with Gasteiger partial charge in [0.1, 0.15) is 0 Å². The van der Waals surface area contributed by atoms with Crippen molar-refractivity contribution in [1.82, 2.24) is 5.32 Å². The Kier molecular flexibility index (Phi) is 4.66. The fourth-order valence-electron chi connectivity index (χ4n) is 2.46. The van der Waals surface area contributed by atoms with Gasteiger partial charge in [-0.05, 0) is 42.2 Å². The van der Waals surface area contributed by atoms with E-state index in [0.29, 0.717) is 18.4 Å². The molecule has 0 spiro atoms. The molecule has 0 saturated heterocycles. The number of benzene rings is 1. The molecule has 1 aliphatic carbocycles. The summed E-state index contributed by atoms with van der Waals surface area (Å²) in [7, 11) is 0. The van der Waals surface area contributed by atoms with E-state index in [9.17, 15) is 13.2 Å². The van der Waals surface area contributed by atoms with Crippen molar-refractivity contribution >= 4 is 0 Å². The van der Waals surface area contributed by atoms with E-state index in [0.717, 1.165) is 18.2 Å². The standard InChI is InChI=1S/C17H24F3N/c1-12(2)16(3,11-21-15-7-8-15)10-13-5-4-6-14(9-13)17(18,19)20/h4-6,9,12,15,21H,7-8,10-11H2,1-3H3. The quantitative estimate of drug-likeness (QED) is 0.805. The monoisotopic (exact) mass is 299 g/mol. The van der Waals surface area contributed by atoms with E-state index in [1.54, 1.807) is 6.07 Å². The van der Waals surface area contributed by atoms with E-state index >= 15 is 0 Å². The van der Waals surface area contributed by atoms with Crippen molar-refractivity contribution in [2.75, 3.05) is 6.54 Å². The molecule has 0 amide bonds. The maximum Gasteiger partial charge on any atom is 0.416 e. The number of hydrogen-bond acceptors (Lipinski definition) is 1. The van der Waals surface area contributed by atoms with Gasteiger partial charge in [0.25, 0.3) is 0 Å². The molecule has 0 heterocycles. The van der Waals surface area contributed by atoms with Gasteiger partial charge < -0.3 is 5.32 Å². The molecule has 118 valence electrons. The molecule has 1 unspecified atom stereocenters. The second-order valence-corrected chi connectivity index (χ2v) is 6.84. The summed E-state index contributed by atoms with van der Waals surface area (Å²) in [4.78, 5) is 0. The first kappa shape index (κ1) is 16.3. The number of hydrogen-bond donors (Lipinski definition) is 1. The molecule has 0 aliphatic heterocycles. The summed E-state index contributed by atoms with van der Waals surface area (Å²) >= 11 is 0. The normalized spacial score (nSPS) is 18.8. The minimum atomic E-state index is -4.27. The smallest absolute Gasteiger partial charge is 0.313 e. The molecule has 1 atom stereocenters. The van der Waals surface area contributed by atoms with Crippen LogP contribution in [0.5, 0.6) is 0 Å². The highest BCUT2D eigenvalue weighted by atomic mass is 19.4. The zero-order chi connectivity index (χ0) is 15.7. The minimum absolute atomic E-state index is 0.0349. The van der Waals surface area contributed by atoms with Gasteiger partial charge in [0.2, 0.25) is 0 Å². The zero-order valence-electron chi connectivity index (χ0n) is 12.9. The molecule has 1 fully saturated rings. The second-order valence-electron chi connectivity index (χ2n) is 6.84. The van der Waals surface area contributed by atoms with Crippen molar-refractivity contribution < 1.29 is 13.2 Å². The van der Waals surface area contributed by atoms with E-state index < -0.39 is 11.7 Å². The molecule has 0 bridgehead atoms. The van der Waals surface area contributed by atoms with Crippen LogP contribution in [-0.2, 0) is 12.6 Å². The summed E-state index contributed by atoms with van der Waals surface area (Å²) in [5.74, 6) is 0.401.